The summed E-state index contributed by atoms with van der Waals surface area (Å²) >= 11 is 3.29. The first kappa shape index (κ1) is 10.7. The van der Waals surface area contributed by atoms with Crippen molar-refractivity contribution in [2.24, 2.45) is 5.92 Å². The van der Waals surface area contributed by atoms with E-state index in [1.54, 1.807) is 6.20 Å². The zero-order valence-electron chi connectivity index (χ0n) is 8.78. The summed E-state index contributed by atoms with van der Waals surface area (Å²) in [5.74, 6) is 2.08. The normalized spacial score (nSPS) is 18.1. The van der Waals surface area contributed by atoms with E-state index in [0.717, 1.165) is 29.4 Å². The summed E-state index contributed by atoms with van der Waals surface area (Å²) < 4.78 is 0.761. The average molecular weight is 271 g/mol. The van der Waals surface area contributed by atoms with Gasteiger partial charge in [0, 0.05) is 19.3 Å². The lowest BCUT2D eigenvalue weighted by Gasteiger charge is -2.30. The maximum absolute atomic E-state index is 5.73. The van der Waals surface area contributed by atoms with Crippen LogP contribution in [-0.2, 0) is 0 Å². The van der Waals surface area contributed by atoms with Crippen molar-refractivity contribution in [3.05, 3.63) is 10.7 Å². The van der Waals surface area contributed by atoms with Crippen molar-refractivity contribution < 1.29 is 0 Å². The van der Waals surface area contributed by atoms with Crippen molar-refractivity contribution in [3.8, 4) is 0 Å². The highest BCUT2D eigenvalue weighted by molar-refractivity contribution is 9.10. The summed E-state index contributed by atoms with van der Waals surface area (Å²) in [5.41, 5.74) is 5.73. The molecule has 0 aliphatic carbocycles. The Kier molecular flexibility index (Phi) is 3.09. The van der Waals surface area contributed by atoms with Gasteiger partial charge in [0.25, 0.3) is 0 Å². The number of halogens is 1. The van der Waals surface area contributed by atoms with E-state index in [2.05, 4.69) is 37.7 Å². The Morgan fingerprint density at radius 3 is 2.73 bits per heavy atom. The molecule has 0 aromatic carbocycles. The molecule has 82 valence electrons. The Bertz CT molecular complexity index is 347. The lowest BCUT2D eigenvalue weighted by molar-refractivity contribution is 0.434. The molecular formula is C10H15BrN4. The molecule has 2 N–H and O–H groups in total. The summed E-state index contributed by atoms with van der Waals surface area (Å²) in [6, 6.07) is 0. The van der Waals surface area contributed by atoms with Gasteiger partial charge in [-0.15, -0.1) is 0 Å². The van der Waals surface area contributed by atoms with Crippen LogP contribution in [0.3, 0.4) is 0 Å². The van der Waals surface area contributed by atoms with E-state index in [4.69, 9.17) is 5.73 Å². The zero-order valence-corrected chi connectivity index (χ0v) is 10.4. The molecule has 5 heteroatoms. The molecule has 0 unspecified atom stereocenters. The van der Waals surface area contributed by atoms with Crippen LogP contribution in [0.1, 0.15) is 19.8 Å². The van der Waals surface area contributed by atoms with Crippen LogP contribution in [0.5, 0.6) is 0 Å². The smallest absolute Gasteiger partial charge is 0.227 e. The van der Waals surface area contributed by atoms with Crippen LogP contribution in [-0.4, -0.2) is 23.1 Å². The van der Waals surface area contributed by atoms with E-state index < -0.39 is 0 Å². The molecule has 0 radical (unpaired) electrons. The van der Waals surface area contributed by atoms with Gasteiger partial charge in [-0.2, -0.15) is 4.98 Å². The van der Waals surface area contributed by atoms with Crippen molar-refractivity contribution in [3.63, 3.8) is 0 Å². The number of anilines is 2. The Balaban J connectivity index is 2.12. The minimum atomic E-state index is 0.513. The highest BCUT2D eigenvalue weighted by atomic mass is 79.9. The first-order chi connectivity index (χ1) is 7.16. The van der Waals surface area contributed by atoms with Crippen molar-refractivity contribution in [1.82, 2.24) is 9.97 Å². The maximum Gasteiger partial charge on any atom is 0.227 e. The number of piperidine rings is 1. The van der Waals surface area contributed by atoms with Gasteiger partial charge in [0.1, 0.15) is 5.82 Å². The minimum absolute atomic E-state index is 0.513. The first-order valence-corrected chi connectivity index (χ1v) is 5.99. The first-order valence-electron chi connectivity index (χ1n) is 5.20. The van der Waals surface area contributed by atoms with Gasteiger partial charge in [-0.1, -0.05) is 6.92 Å². The predicted octanol–water partition coefficient (Wildman–Crippen LogP) is 2.06. The van der Waals surface area contributed by atoms with Crippen molar-refractivity contribution in [1.29, 1.82) is 0 Å². The van der Waals surface area contributed by atoms with Gasteiger partial charge in [-0.05, 0) is 34.7 Å². The summed E-state index contributed by atoms with van der Waals surface area (Å²) in [6.07, 6.45) is 4.13. The van der Waals surface area contributed by atoms with Crippen LogP contribution in [0.25, 0.3) is 0 Å². The Morgan fingerprint density at radius 2 is 2.13 bits per heavy atom. The molecule has 2 heterocycles. The monoisotopic (exact) mass is 270 g/mol. The average Bonchev–Trinajstić information content (AvgIpc) is 2.23. The fourth-order valence-corrected chi connectivity index (χ4v) is 1.92. The van der Waals surface area contributed by atoms with E-state index in [1.165, 1.54) is 12.8 Å². The van der Waals surface area contributed by atoms with E-state index >= 15 is 0 Å². The molecule has 1 aliphatic heterocycles. The van der Waals surface area contributed by atoms with Gasteiger partial charge in [0.15, 0.2) is 0 Å². The zero-order chi connectivity index (χ0) is 10.8. The number of hydrogen-bond acceptors (Lipinski definition) is 4. The van der Waals surface area contributed by atoms with Gasteiger partial charge in [-0.3, -0.25) is 0 Å². The lowest BCUT2D eigenvalue weighted by atomic mass is 10.00. The number of nitrogen functional groups attached to an aromatic ring is 1. The second kappa shape index (κ2) is 4.35. The fraction of sp³-hybridized carbons (Fsp3) is 0.600. The molecule has 1 aromatic rings. The largest absolute Gasteiger partial charge is 0.383 e. The molecule has 4 nitrogen and oxygen atoms in total. The number of aromatic nitrogens is 2. The van der Waals surface area contributed by atoms with Crippen LogP contribution in [0.15, 0.2) is 10.7 Å². The molecular weight excluding hydrogens is 256 g/mol. The van der Waals surface area contributed by atoms with Crippen LogP contribution in [0, 0.1) is 5.92 Å². The molecule has 15 heavy (non-hydrogen) atoms. The van der Waals surface area contributed by atoms with Gasteiger partial charge in [0.05, 0.1) is 4.47 Å². The number of nitrogens with two attached hydrogens (primary N) is 1. The van der Waals surface area contributed by atoms with E-state index in [-0.39, 0.29) is 0 Å². The van der Waals surface area contributed by atoms with Gasteiger partial charge in [0.2, 0.25) is 5.95 Å². The third kappa shape index (κ3) is 2.40. The minimum Gasteiger partial charge on any atom is -0.383 e. The summed E-state index contributed by atoms with van der Waals surface area (Å²) in [6.45, 7) is 4.35. The number of rotatable bonds is 1. The Hall–Kier alpha value is -0.840. The summed E-state index contributed by atoms with van der Waals surface area (Å²) in [7, 11) is 0. The Morgan fingerprint density at radius 1 is 1.47 bits per heavy atom. The summed E-state index contributed by atoms with van der Waals surface area (Å²) in [5, 5.41) is 0. The number of nitrogens with zero attached hydrogens (tertiary/aromatic N) is 3. The summed E-state index contributed by atoms with van der Waals surface area (Å²) in [4.78, 5) is 10.7. The molecule has 1 fully saturated rings. The number of hydrogen-bond donors (Lipinski definition) is 1. The molecule has 0 spiro atoms. The van der Waals surface area contributed by atoms with Crippen LogP contribution >= 0.6 is 15.9 Å². The third-order valence-electron chi connectivity index (χ3n) is 2.82. The third-order valence-corrected chi connectivity index (χ3v) is 3.44. The maximum atomic E-state index is 5.73. The van der Waals surface area contributed by atoms with Crippen LogP contribution < -0.4 is 10.6 Å². The van der Waals surface area contributed by atoms with Crippen LogP contribution in [0.4, 0.5) is 11.8 Å². The molecule has 1 saturated heterocycles. The Labute approximate surface area is 98.0 Å². The quantitative estimate of drug-likeness (QED) is 0.849. The molecule has 0 saturated carbocycles. The molecule has 2 rings (SSSR count). The second-order valence-corrected chi connectivity index (χ2v) is 4.93. The van der Waals surface area contributed by atoms with Crippen molar-refractivity contribution in [2.75, 3.05) is 23.7 Å². The second-order valence-electron chi connectivity index (χ2n) is 4.07. The van der Waals surface area contributed by atoms with Gasteiger partial charge >= 0.3 is 0 Å². The highest BCUT2D eigenvalue weighted by Crippen LogP contribution is 2.22. The standard InChI is InChI=1S/C10H15BrN4/c1-7-2-4-15(5-3-7)10-13-6-8(11)9(12)14-10/h6-7H,2-5H2,1H3,(H2,12,13,14). The highest BCUT2D eigenvalue weighted by Gasteiger charge is 2.18. The lowest BCUT2D eigenvalue weighted by Crippen LogP contribution is -2.34. The molecule has 0 bridgehead atoms. The van der Waals surface area contributed by atoms with Gasteiger partial charge < -0.3 is 10.6 Å². The fourth-order valence-electron chi connectivity index (χ4n) is 1.73. The topological polar surface area (TPSA) is 55.0 Å². The van der Waals surface area contributed by atoms with E-state index in [0.29, 0.717) is 5.82 Å². The molecule has 0 amide bonds. The van der Waals surface area contributed by atoms with Gasteiger partial charge in [-0.25, -0.2) is 4.98 Å². The molecule has 1 aliphatic rings. The predicted molar refractivity (Wildman–Crippen MR) is 64.8 cm³/mol. The van der Waals surface area contributed by atoms with Crippen LogP contribution in [0.2, 0.25) is 0 Å². The SMILES string of the molecule is CC1CCN(c2ncc(Br)c(N)n2)CC1. The van der Waals surface area contributed by atoms with E-state index in [9.17, 15) is 0 Å². The van der Waals surface area contributed by atoms with E-state index in [1.807, 2.05) is 0 Å². The molecule has 1 aromatic heterocycles. The molecule has 0 atom stereocenters. The van der Waals surface area contributed by atoms with Crippen molar-refractivity contribution >= 4 is 27.7 Å². The van der Waals surface area contributed by atoms with Crippen molar-refractivity contribution in [2.45, 2.75) is 19.8 Å².